The molecule has 0 N–H and O–H groups in total. The first-order valence-electron chi connectivity index (χ1n) is 16.8. The van der Waals surface area contributed by atoms with Crippen molar-refractivity contribution in [3.05, 3.63) is 18.7 Å². The highest BCUT2D eigenvalue weighted by Gasteiger charge is 1.99. The molecule has 1 aromatic heterocycles. The van der Waals surface area contributed by atoms with Crippen molar-refractivity contribution in [1.29, 1.82) is 0 Å². The van der Waals surface area contributed by atoms with E-state index in [0.29, 0.717) is 0 Å². The molecule has 0 unspecified atom stereocenters. The highest BCUT2D eigenvalue weighted by atomic mass is 16.4. The van der Waals surface area contributed by atoms with Gasteiger partial charge >= 0.3 is 0 Å². The largest absolute Gasteiger partial charge is 0.550 e. The van der Waals surface area contributed by atoms with E-state index < -0.39 is 5.97 Å². The van der Waals surface area contributed by atoms with Gasteiger partial charge in [0.1, 0.15) is 12.4 Å². The minimum absolute atomic E-state index is 0.234. The van der Waals surface area contributed by atoms with Crippen LogP contribution in [0.4, 0.5) is 0 Å². The van der Waals surface area contributed by atoms with Crippen LogP contribution in [0.25, 0.3) is 0 Å². The molecule has 1 aromatic rings. The first-order valence-corrected chi connectivity index (χ1v) is 16.8. The quantitative estimate of drug-likeness (QED) is 0.0834. The lowest BCUT2D eigenvalue weighted by Crippen LogP contribution is -2.30. The van der Waals surface area contributed by atoms with Gasteiger partial charge in [-0.25, -0.2) is 9.13 Å². The Hall–Kier alpha value is -1.32. The Balaban J connectivity index is 0.000000726. The van der Waals surface area contributed by atoms with Crippen LogP contribution in [0.3, 0.4) is 0 Å². The van der Waals surface area contributed by atoms with Gasteiger partial charge in [0.05, 0.1) is 13.6 Å². The molecule has 0 saturated carbocycles. The summed E-state index contributed by atoms with van der Waals surface area (Å²) in [5.41, 5.74) is 0. The predicted octanol–water partition coefficient (Wildman–Crippen LogP) is 9.23. The molecular weight excluding hydrogens is 468 g/mol. The van der Waals surface area contributed by atoms with Crippen LogP contribution in [0.2, 0.25) is 0 Å². The monoisotopic (exact) mass is 535 g/mol. The van der Waals surface area contributed by atoms with Crippen LogP contribution in [-0.2, 0) is 18.4 Å². The molecule has 0 aliphatic heterocycles. The molecule has 0 aliphatic rings. The summed E-state index contributed by atoms with van der Waals surface area (Å²) < 4.78 is 4.40. The number of carboxylic acids is 1. The minimum Gasteiger partial charge on any atom is -0.550 e. The first-order chi connectivity index (χ1) is 18.6. The standard InChI is InChI=1S/C18H35N2.C16H32O2/c1-3-4-5-6-7-8-9-10-11-12-13-14-15-20-17-16-19(2)18-20;1-2-3-4-5-6-7-8-9-10-11-12-13-14-15-16(17)18/h16-18H,3-15H2,1-2H3;2-15H2,1H3,(H,17,18)/q+1;/p-1. The molecule has 0 spiro atoms. The summed E-state index contributed by atoms with van der Waals surface area (Å²) in [7, 11) is 2.08. The molecule has 0 aliphatic carbocycles. The third-order valence-electron chi connectivity index (χ3n) is 7.58. The van der Waals surface area contributed by atoms with E-state index in [-0.39, 0.29) is 6.42 Å². The first kappa shape index (κ1) is 36.7. The molecule has 4 heteroatoms. The summed E-state index contributed by atoms with van der Waals surface area (Å²) >= 11 is 0. The van der Waals surface area contributed by atoms with E-state index in [4.69, 9.17) is 0 Å². The van der Waals surface area contributed by atoms with Crippen LogP contribution >= 0.6 is 0 Å². The normalized spacial score (nSPS) is 10.9. The van der Waals surface area contributed by atoms with Crippen LogP contribution < -0.4 is 9.67 Å². The summed E-state index contributed by atoms with van der Waals surface area (Å²) in [5.74, 6) is -0.905. The zero-order valence-electron chi connectivity index (χ0n) is 26.0. The average molecular weight is 535 g/mol. The number of aliphatic carboxylic acids is 1. The number of hydrogen-bond donors (Lipinski definition) is 0. The fraction of sp³-hybridized carbons (Fsp3) is 0.882. The van der Waals surface area contributed by atoms with Crippen LogP contribution in [0.15, 0.2) is 18.7 Å². The molecule has 1 rings (SSSR count). The minimum atomic E-state index is -0.905. The molecule has 0 fully saturated rings. The van der Waals surface area contributed by atoms with Crippen LogP contribution in [0.5, 0.6) is 0 Å². The lowest BCUT2D eigenvalue weighted by atomic mass is 10.0. The maximum Gasteiger partial charge on any atom is 0.243 e. The second-order valence-electron chi connectivity index (χ2n) is 11.6. The molecule has 224 valence electrons. The van der Waals surface area contributed by atoms with Gasteiger partial charge in [-0.05, 0) is 25.7 Å². The molecule has 0 aromatic carbocycles. The Morgan fingerprint density at radius 1 is 0.579 bits per heavy atom. The van der Waals surface area contributed by atoms with Crippen molar-refractivity contribution in [3.63, 3.8) is 0 Å². The van der Waals surface area contributed by atoms with Gasteiger partial charge in [0, 0.05) is 5.97 Å². The Bertz CT molecular complexity index is 599. The predicted molar refractivity (Wildman–Crippen MR) is 162 cm³/mol. The second-order valence-corrected chi connectivity index (χ2v) is 11.6. The fourth-order valence-electron chi connectivity index (χ4n) is 5.06. The molecule has 0 bridgehead atoms. The lowest BCUT2D eigenvalue weighted by Gasteiger charge is -2.03. The molecule has 0 radical (unpaired) electrons. The van der Waals surface area contributed by atoms with Gasteiger partial charge in [0.25, 0.3) is 0 Å². The van der Waals surface area contributed by atoms with Crippen molar-refractivity contribution in [2.75, 3.05) is 0 Å². The van der Waals surface area contributed by atoms with E-state index in [1.807, 2.05) is 0 Å². The van der Waals surface area contributed by atoms with Crippen LogP contribution in [0, 0.1) is 0 Å². The number of rotatable bonds is 27. The SMILES string of the molecule is CCCCCCCCCCCCCCCC(=O)[O-].CCCCCCCCCCCCCC[n+]1ccn(C)c1. The molecule has 0 atom stereocenters. The molecule has 0 saturated heterocycles. The Labute approximate surface area is 238 Å². The Morgan fingerprint density at radius 3 is 1.24 bits per heavy atom. The van der Waals surface area contributed by atoms with Gasteiger partial charge in [-0.2, -0.15) is 0 Å². The van der Waals surface area contributed by atoms with Gasteiger partial charge < -0.3 is 9.90 Å². The van der Waals surface area contributed by atoms with Crippen LogP contribution in [0.1, 0.15) is 181 Å². The van der Waals surface area contributed by atoms with Crippen LogP contribution in [-0.4, -0.2) is 10.5 Å². The maximum atomic E-state index is 10.2. The van der Waals surface area contributed by atoms with Gasteiger partial charge in [-0.3, -0.25) is 0 Å². The van der Waals surface area contributed by atoms with E-state index in [9.17, 15) is 9.90 Å². The zero-order valence-corrected chi connectivity index (χ0v) is 26.0. The highest BCUT2D eigenvalue weighted by molar-refractivity contribution is 5.64. The molecule has 38 heavy (non-hydrogen) atoms. The molecule has 1 heterocycles. The Kier molecular flexibility index (Phi) is 29.2. The molecule has 0 amide bonds. The van der Waals surface area contributed by atoms with Crippen molar-refractivity contribution in [2.45, 2.75) is 187 Å². The van der Waals surface area contributed by atoms with E-state index >= 15 is 0 Å². The third kappa shape index (κ3) is 29.2. The van der Waals surface area contributed by atoms with Gasteiger partial charge in [0.2, 0.25) is 6.33 Å². The summed E-state index contributed by atoms with van der Waals surface area (Å²) in [5, 5.41) is 10.2. The smallest absolute Gasteiger partial charge is 0.243 e. The zero-order chi connectivity index (χ0) is 27.9. The summed E-state index contributed by atoms with van der Waals surface area (Å²) in [6.45, 7) is 5.72. The van der Waals surface area contributed by atoms with Crippen molar-refractivity contribution < 1.29 is 14.5 Å². The van der Waals surface area contributed by atoms with E-state index in [1.165, 1.54) is 154 Å². The van der Waals surface area contributed by atoms with Gasteiger partial charge in [0.15, 0.2) is 0 Å². The Morgan fingerprint density at radius 2 is 0.921 bits per heavy atom. The molecule has 4 nitrogen and oxygen atoms in total. The van der Waals surface area contributed by atoms with Crippen molar-refractivity contribution in [2.24, 2.45) is 7.05 Å². The van der Waals surface area contributed by atoms with Gasteiger partial charge in [-0.15, -0.1) is 0 Å². The van der Waals surface area contributed by atoms with E-state index in [2.05, 4.69) is 48.8 Å². The lowest BCUT2D eigenvalue weighted by molar-refractivity contribution is -0.696. The number of carbonyl (C=O) groups excluding carboxylic acids is 1. The maximum absolute atomic E-state index is 10.2. The number of aryl methyl sites for hydroxylation is 2. The number of carbonyl (C=O) groups is 1. The second kappa shape index (κ2) is 30.2. The van der Waals surface area contributed by atoms with E-state index in [1.54, 1.807) is 0 Å². The highest BCUT2D eigenvalue weighted by Crippen LogP contribution is 2.13. The van der Waals surface area contributed by atoms with E-state index in [0.717, 1.165) is 12.8 Å². The number of imidazole rings is 1. The topological polar surface area (TPSA) is 48.9 Å². The number of nitrogens with zero attached hydrogens (tertiary/aromatic N) is 2. The summed E-state index contributed by atoms with van der Waals surface area (Å²) in [4.78, 5) is 10.2. The number of unbranched alkanes of at least 4 members (excludes halogenated alkanes) is 23. The summed E-state index contributed by atoms with van der Waals surface area (Å²) in [6.07, 6.45) is 40.5. The van der Waals surface area contributed by atoms with Gasteiger partial charge in [-0.1, -0.05) is 155 Å². The fourth-order valence-corrected chi connectivity index (χ4v) is 5.06. The molecular formula is C34H66N2O2. The van der Waals surface area contributed by atoms with Crippen molar-refractivity contribution in [1.82, 2.24) is 4.57 Å². The van der Waals surface area contributed by atoms with Crippen molar-refractivity contribution >= 4 is 5.97 Å². The summed E-state index contributed by atoms with van der Waals surface area (Å²) in [6, 6.07) is 0. The third-order valence-corrected chi connectivity index (χ3v) is 7.58. The number of aromatic nitrogens is 2. The average Bonchev–Trinajstić information content (AvgIpc) is 3.32. The number of carboxylic acid groups (broad SMARTS) is 1. The number of hydrogen-bond acceptors (Lipinski definition) is 2. The van der Waals surface area contributed by atoms with Crippen molar-refractivity contribution in [3.8, 4) is 0 Å².